The highest BCUT2D eigenvalue weighted by Crippen LogP contribution is 2.48. The molecule has 81 heavy (non-hydrogen) atoms. The van der Waals surface area contributed by atoms with Crippen LogP contribution in [0.2, 0.25) is 0 Å². The number of esters is 2. The molecule has 3 unspecified atom stereocenters. The van der Waals surface area contributed by atoms with Crippen LogP contribution in [0.1, 0.15) is 97.4 Å². The Morgan fingerprint density at radius 1 is 0.704 bits per heavy atom. The third kappa shape index (κ3) is 16.4. The molecule has 7 N–H and O–H groups in total. The van der Waals surface area contributed by atoms with Crippen molar-refractivity contribution in [1.82, 2.24) is 53.9 Å². The molecule has 2 saturated carbocycles. The highest BCUT2D eigenvalue weighted by Gasteiger charge is 2.51. The quantitative estimate of drug-likeness (QED) is 0.0457. The summed E-state index contributed by atoms with van der Waals surface area (Å²) in [7, 11) is -9.04. The molecule has 2 aliphatic carbocycles. The molecule has 9 atom stereocenters. The molecule has 34 heteroatoms. The maximum atomic E-state index is 15.2. The SMILES string of the molecule is C1CCC(N=C(NC2CCCCC2)N2CCOCC2)CC1.CC(=O)Nc1ncnc2c1ncn2[C@@H]1O[C@H](COP(=O)(O)O)C(F)[C@@H]1OC(C)=O.CC(=O)O[C@H]1C(F)[C@@H](COP(=O)(O)N2CCOCC2)O[C@H]1n1cnc2c(N)ncnc21. The van der Waals surface area contributed by atoms with E-state index in [0.29, 0.717) is 12.1 Å². The number of halogens is 2. The molecule has 0 spiro atoms. The van der Waals surface area contributed by atoms with Gasteiger partial charge in [0, 0.05) is 53.0 Å². The fourth-order valence-corrected chi connectivity index (χ4v) is 11.6. The Hall–Kier alpha value is -5.50. The molecule has 4 aromatic heterocycles. The van der Waals surface area contributed by atoms with E-state index in [-0.39, 0.29) is 60.3 Å². The first kappa shape index (κ1) is 61.6. The number of aromatic nitrogens is 8. The first-order chi connectivity index (χ1) is 38.8. The van der Waals surface area contributed by atoms with Crippen molar-refractivity contribution < 1.29 is 84.4 Å². The number of hydrogen-bond donors (Lipinski definition) is 6. The highest BCUT2D eigenvalue weighted by atomic mass is 31.2. The minimum absolute atomic E-state index is 0.112. The zero-order valence-electron chi connectivity index (χ0n) is 45.0. The molecule has 10 rings (SSSR count). The zero-order valence-corrected chi connectivity index (χ0v) is 46.8. The molecule has 6 fully saturated rings. The molecule has 1 amide bonds. The molecule has 4 saturated heterocycles. The number of carbonyl (C=O) groups is 3. The molecule has 4 aliphatic heterocycles. The number of amides is 1. The third-order valence-electron chi connectivity index (χ3n) is 14.0. The number of rotatable bonds is 14. The van der Waals surface area contributed by atoms with E-state index in [4.69, 9.17) is 53.5 Å². The number of nitrogens with two attached hydrogens (primary N) is 1. The number of aliphatic imine (C=N–C) groups is 1. The van der Waals surface area contributed by atoms with E-state index >= 15 is 4.39 Å². The molecule has 4 aromatic rings. The summed E-state index contributed by atoms with van der Waals surface area (Å²) >= 11 is 0. The van der Waals surface area contributed by atoms with Gasteiger partial charge in [0.2, 0.25) is 5.91 Å². The van der Waals surface area contributed by atoms with Gasteiger partial charge in [0.15, 0.2) is 71.4 Å². The number of nitrogens with one attached hydrogen (secondary N) is 2. The monoisotopic (exact) mass is 1190 g/mol. The number of carbonyl (C=O) groups excluding carboxylic acids is 3. The number of nitrogen functional groups attached to an aromatic ring is 1. The van der Waals surface area contributed by atoms with Crippen molar-refractivity contribution in [2.24, 2.45) is 4.99 Å². The Morgan fingerprint density at radius 2 is 1.21 bits per heavy atom. The molecule has 448 valence electrons. The summed E-state index contributed by atoms with van der Waals surface area (Å²) in [6, 6.07) is 1.19. The van der Waals surface area contributed by atoms with Crippen molar-refractivity contribution >= 4 is 73.3 Å². The summed E-state index contributed by atoms with van der Waals surface area (Å²) in [5.74, 6) is -0.496. The standard InChI is InChI=1S/C17H31N3O.C16H22FN6O7P.C14H17FN5O8P/c1-3-7-15(8-4-1)18-17(20-11-13-21-14-12-20)19-16-9-5-2-6-10-16;1-9(24)29-13-11(17)10(6-28-31(25,26)22-2-4-27-5-3-22)30-16(13)23-8-21-12-14(18)19-7-20-15(12)23;1-6(21)19-12-10-13(17-4-16-12)20(5-18-10)14-11(27-7(2)22)9(15)8(28-14)3-26-29(23,24)25/h15-16H,1-14H2,(H,18,19);7-8,10-11,13,16H,2-6H2,1H3,(H,25,26)(H2,18,19,20);4-5,8-9,11,14H,3H2,1-2H3,(H2,23,24,25)(H,16,17,19,21)/t;10-,11?,13+,16-;8-,9?,11+,14-/m.11/s1. The average Bonchev–Trinajstić information content (AvgIpc) is 4.13. The van der Waals surface area contributed by atoms with Crippen molar-refractivity contribution in [3.8, 4) is 0 Å². The molecule has 0 bridgehead atoms. The van der Waals surface area contributed by atoms with Crippen molar-refractivity contribution in [3.05, 3.63) is 25.3 Å². The van der Waals surface area contributed by atoms with Gasteiger partial charge < -0.3 is 64.4 Å². The number of fused-ring (bicyclic) bond motifs is 2. The van der Waals surface area contributed by atoms with Crippen LogP contribution in [0.5, 0.6) is 0 Å². The number of nitrogens with zero attached hydrogens (tertiary/aromatic N) is 11. The van der Waals surface area contributed by atoms with Gasteiger partial charge in [-0.3, -0.25) is 32.6 Å². The molecule has 0 aromatic carbocycles. The number of imidazole rings is 2. The maximum absolute atomic E-state index is 15.2. The van der Waals surface area contributed by atoms with Crippen LogP contribution in [-0.4, -0.2) is 202 Å². The van der Waals surface area contributed by atoms with Crippen LogP contribution in [-0.2, 0) is 61.0 Å². The van der Waals surface area contributed by atoms with Crippen LogP contribution in [0.4, 0.5) is 20.4 Å². The molecular formula is C47H70F2N14O16P2. The predicted octanol–water partition coefficient (Wildman–Crippen LogP) is 3.02. The Morgan fingerprint density at radius 3 is 1.75 bits per heavy atom. The minimum Gasteiger partial charge on any atom is -0.454 e. The van der Waals surface area contributed by atoms with E-state index in [0.717, 1.165) is 46.5 Å². The van der Waals surface area contributed by atoms with Gasteiger partial charge >= 0.3 is 27.5 Å². The number of alkyl halides is 2. The van der Waals surface area contributed by atoms with Crippen LogP contribution < -0.4 is 16.4 Å². The van der Waals surface area contributed by atoms with Gasteiger partial charge in [0.05, 0.1) is 58.3 Å². The van der Waals surface area contributed by atoms with Gasteiger partial charge in [-0.2, -0.15) is 0 Å². The van der Waals surface area contributed by atoms with Gasteiger partial charge in [0.25, 0.3) is 0 Å². The summed E-state index contributed by atoms with van der Waals surface area (Å²) < 4.78 is 98.8. The smallest absolute Gasteiger partial charge is 0.454 e. The minimum atomic E-state index is -4.87. The second kappa shape index (κ2) is 28.2. The number of phosphoric acid groups is 1. The Kier molecular flexibility index (Phi) is 21.4. The van der Waals surface area contributed by atoms with E-state index in [1.165, 1.54) is 110 Å². The second-order valence-electron chi connectivity index (χ2n) is 19.9. The van der Waals surface area contributed by atoms with Crippen molar-refractivity contribution in [2.45, 2.75) is 146 Å². The van der Waals surface area contributed by atoms with Crippen molar-refractivity contribution in [3.63, 3.8) is 0 Å². The molecule has 0 radical (unpaired) electrons. The fourth-order valence-electron chi connectivity index (χ4n) is 10.1. The van der Waals surface area contributed by atoms with E-state index in [2.05, 4.69) is 50.0 Å². The molecule has 8 heterocycles. The first-order valence-corrected chi connectivity index (χ1v) is 29.8. The van der Waals surface area contributed by atoms with Gasteiger partial charge in [-0.25, -0.2) is 57.5 Å². The van der Waals surface area contributed by atoms with Crippen molar-refractivity contribution in [1.29, 1.82) is 0 Å². The number of hydrogen-bond acceptors (Lipinski definition) is 21. The van der Waals surface area contributed by atoms with Gasteiger partial charge in [-0.15, -0.1) is 0 Å². The number of ether oxygens (including phenoxy) is 6. The van der Waals surface area contributed by atoms with Crippen LogP contribution >= 0.6 is 15.6 Å². The van der Waals surface area contributed by atoms with Crippen molar-refractivity contribution in [2.75, 3.05) is 76.9 Å². The lowest BCUT2D eigenvalue weighted by atomic mass is 9.95. The van der Waals surface area contributed by atoms with Crippen LogP contribution in [0, 0.1) is 0 Å². The van der Waals surface area contributed by atoms with E-state index in [9.17, 15) is 32.8 Å². The number of morpholine rings is 2. The summed E-state index contributed by atoms with van der Waals surface area (Å²) in [6.07, 6.45) is 6.60. The van der Waals surface area contributed by atoms with Gasteiger partial charge in [-0.05, 0) is 25.7 Å². The zero-order chi connectivity index (χ0) is 57.8. The molecular weight excluding hydrogens is 1120 g/mol. The Balaban J connectivity index is 0.000000162. The lowest BCUT2D eigenvalue weighted by Gasteiger charge is -2.34. The van der Waals surface area contributed by atoms with Gasteiger partial charge in [0.1, 0.15) is 30.4 Å². The topological polar surface area (TPSA) is 376 Å². The van der Waals surface area contributed by atoms with Crippen LogP contribution in [0.25, 0.3) is 22.3 Å². The maximum Gasteiger partial charge on any atom is 0.469 e. The third-order valence-corrected chi connectivity index (χ3v) is 16.1. The summed E-state index contributed by atoms with van der Waals surface area (Å²) in [5, 5.41) is 6.27. The highest BCUT2D eigenvalue weighted by molar-refractivity contribution is 7.50. The number of guanidine groups is 1. The lowest BCUT2D eigenvalue weighted by molar-refractivity contribution is -0.154. The summed E-state index contributed by atoms with van der Waals surface area (Å²) in [5.41, 5.74) is 6.64. The van der Waals surface area contributed by atoms with Crippen LogP contribution in [0.3, 0.4) is 0 Å². The largest absolute Gasteiger partial charge is 0.469 e. The average molecular weight is 1190 g/mol. The first-order valence-electron chi connectivity index (χ1n) is 26.8. The summed E-state index contributed by atoms with van der Waals surface area (Å²) in [4.78, 5) is 93.8. The number of anilines is 2. The van der Waals surface area contributed by atoms with Gasteiger partial charge in [-0.1, -0.05) is 38.5 Å². The Bertz CT molecular complexity index is 2880. The normalized spacial score (nSPS) is 26.9. The Labute approximate surface area is 464 Å². The molecule has 6 aliphatic rings. The lowest BCUT2D eigenvalue weighted by Crippen LogP contribution is -2.51. The van der Waals surface area contributed by atoms with E-state index in [1.54, 1.807) is 0 Å². The fraction of sp³-hybridized carbons (Fsp3) is 0.702. The summed E-state index contributed by atoms with van der Waals surface area (Å²) in [6.45, 7) is 6.83. The molecule has 30 nitrogen and oxygen atoms in total. The predicted molar refractivity (Wildman–Crippen MR) is 281 cm³/mol. The van der Waals surface area contributed by atoms with E-state index < -0.39 is 95.8 Å². The number of phosphoric ester groups is 1. The van der Waals surface area contributed by atoms with E-state index in [1.807, 2.05) is 0 Å². The second-order valence-corrected chi connectivity index (χ2v) is 23.0. The van der Waals surface area contributed by atoms with Crippen LogP contribution in [0.15, 0.2) is 30.3 Å².